The normalized spacial score (nSPS) is 10.7. The van der Waals surface area contributed by atoms with Crippen LogP contribution >= 0.6 is 23.4 Å². The van der Waals surface area contributed by atoms with Crippen LogP contribution < -0.4 is 10.5 Å². The first-order valence-corrected chi connectivity index (χ1v) is 7.10. The number of rotatable bonds is 4. The molecule has 5 heteroatoms. The van der Waals surface area contributed by atoms with Gasteiger partial charge in [-0.3, -0.25) is 0 Å². The molecule has 1 aromatic carbocycles. The molecule has 0 spiro atoms. The fourth-order valence-corrected chi connectivity index (χ4v) is 2.44. The zero-order valence-corrected chi connectivity index (χ0v) is 12.3. The summed E-state index contributed by atoms with van der Waals surface area (Å²) in [6, 6.07) is 9.41. The van der Waals surface area contributed by atoms with Gasteiger partial charge in [-0.2, -0.15) is 0 Å². The maximum absolute atomic E-state index is 6.11. The highest BCUT2D eigenvalue weighted by Gasteiger charge is 2.09. The number of anilines is 1. The van der Waals surface area contributed by atoms with Crippen molar-refractivity contribution in [1.29, 1.82) is 0 Å². The summed E-state index contributed by atoms with van der Waals surface area (Å²) in [5, 5.41) is 1.46. The van der Waals surface area contributed by atoms with Gasteiger partial charge in [0.15, 0.2) is 0 Å². The molecular formula is C14H15ClN2OS. The van der Waals surface area contributed by atoms with Crippen molar-refractivity contribution >= 4 is 29.1 Å². The zero-order chi connectivity index (χ0) is 13.8. The van der Waals surface area contributed by atoms with E-state index in [1.54, 1.807) is 6.20 Å². The van der Waals surface area contributed by atoms with E-state index in [9.17, 15) is 0 Å². The summed E-state index contributed by atoms with van der Waals surface area (Å²) in [5.41, 5.74) is 6.75. The molecule has 0 amide bonds. The molecule has 0 bridgehead atoms. The fraction of sp³-hybridized carbons (Fsp3) is 0.214. The number of nitrogens with zero attached hydrogens (tertiary/aromatic N) is 1. The molecule has 0 aliphatic carbocycles. The molecule has 2 N–H and O–H groups in total. The van der Waals surface area contributed by atoms with E-state index in [1.165, 1.54) is 11.8 Å². The minimum atomic E-state index is 0.0937. The number of nitrogens with two attached hydrogens (primary N) is 1. The van der Waals surface area contributed by atoms with Crippen LogP contribution in [-0.2, 0) is 0 Å². The summed E-state index contributed by atoms with van der Waals surface area (Å²) in [5.74, 6) is 0.703. The zero-order valence-electron chi connectivity index (χ0n) is 10.8. The minimum Gasteiger partial charge on any atom is -0.489 e. The third-order valence-corrected chi connectivity index (χ3v) is 3.55. The third kappa shape index (κ3) is 3.78. The van der Waals surface area contributed by atoms with Crippen LogP contribution in [0.25, 0.3) is 0 Å². The Kier molecular flexibility index (Phi) is 4.56. The third-order valence-electron chi connectivity index (χ3n) is 2.30. The van der Waals surface area contributed by atoms with Crippen molar-refractivity contribution in [1.82, 2.24) is 4.98 Å². The average molecular weight is 295 g/mol. The van der Waals surface area contributed by atoms with Gasteiger partial charge in [-0.15, -0.1) is 0 Å². The summed E-state index contributed by atoms with van der Waals surface area (Å²) < 4.78 is 5.66. The Morgan fingerprint density at radius 2 is 2.05 bits per heavy atom. The number of nitrogen functional groups attached to an aromatic ring is 1. The van der Waals surface area contributed by atoms with E-state index < -0.39 is 0 Å². The molecule has 2 rings (SSSR count). The molecule has 0 aliphatic rings. The number of para-hydroxylation sites is 1. The first kappa shape index (κ1) is 14.0. The van der Waals surface area contributed by atoms with Crippen LogP contribution in [0.2, 0.25) is 5.02 Å². The van der Waals surface area contributed by atoms with Gasteiger partial charge in [0.2, 0.25) is 0 Å². The van der Waals surface area contributed by atoms with Crippen LogP contribution in [-0.4, -0.2) is 11.1 Å². The summed E-state index contributed by atoms with van der Waals surface area (Å²) in [4.78, 5) is 5.16. The largest absolute Gasteiger partial charge is 0.489 e. The lowest BCUT2D eigenvalue weighted by molar-refractivity contribution is 0.243. The molecule has 0 fully saturated rings. The molecule has 100 valence electrons. The van der Waals surface area contributed by atoms with Crippen LogP contribution in [0.5, 0.6) is 5.75 Å². The highest BCUT2D eigenvalue weighted by molar-refractivity contribution is 7.99. The average Bonchev–Trinajstić information content (AvgIpc) is 2.36. The lowest BCUT2D eigenvalue weighted by Gasteiger charge is -2.14. The number of benzene rings is 1. The predicted molar refractivity (Wildman–Crippen MR) is 80.0 cm³/mol. The summed E-state index contributed by atoms with van der Waals surface area (Å²) in [6.45, 7) is 3.94. The van der Waals surface area contributed by atoms with Crippen LogP contribution in [0.3, 0.4) is 0 Å². The molecule has 0 unspecified atom stereocenters. The topological polar surface area (TPSA) is 48.1 Å². The van der Waals surface area contributed by atoms with Gasteiger partial charge in [0, 0.05) is 11.1 Å². The number of aromatic nitrogens is 1. The molecule has 0 saturated heterocycles. The molecular weight excluding hydrogens is 280 g/mol. The van der Waals surface area contributed by atoms with E-state index in [2.05, 4.69) is 4.98 Å². The molecule has 0 saturated carbocycles. The predicted octanol–water partition coefficient (Wildman–Crippen LogP) is 4.26. The SMILES string of the molecule is CC(C)Oc1cccc(Sc2ccc(Cl)cn2)c1N. The van der Waals surface area contributed by atoms with Crippen molar-refractivity contribution in [2.45, 2.75) is 29.9 Å². The summed E-state index contributed by atoms with van der Waals surface area (Å²) >= 11 is 7.30. The first-order valence-electron chi connectivity index (χ1n) is 5.91. The Labute approximate surface area is 122 Å². The van der Waals surface area contributed by atoms with Crippen molar-refractivity contribution in [3.8, 4) is 5.75 Å². The number of halogens is 1. The number of ether oxygens (including phenoxy) is 1. The van der Waals surface area contributed by atoms with E-state index in [1.807, 2.05) is 44.2 Å². The van der Waals surface area contributed by atoms with E-state index in [0.717, 1.165) is 9.92 Å². The van der Waals surface area contributed by atoms with Gasteiger partial charge in [-0.25, -0.2) is 4.98 Å². The van der Waals surface area contributed by atoms with E-state index in [-0.39, 0.29) is 6.10 Å². The van der Waals surface area contributed by atoms with E-state index >= 15 is 0 Å². The maximum Gasteiger partial charge on any atom is 0.143 e. The highest BCUT2D eigenvalue weighted by atomic mass is 35.5. The molecule has 0 atom stereocenters. The number of hydrogen-bond acceptors (Lipinski definition) is 4. The molecule has 19 heavy (non-hydrogen) atoms. The standard InChI is InChI=1S/C14H15ClN2OS/c1-9(2)18-11-4-3-5-12(14(11)16)19-13-7-6-10(15)8-17-13/h3-9H,16H2,1-2H3. The van der Waals surface area contributed by atoms with E-state index in [4.69, 9.17) is 22.1 Å². The number of pyridine rings is 1. The maximum atomic E-state index is 6.11. The monoisotopic (exact) mass is 294 g/mol. The minimum absolute atomic E-state index is 0.0937. The summed E-state index contributed by atoms with van der Waals surface area (Å²) in [7, 11) is 0. The van der Waals surface area contributed by atoms with Crippen LogP contribution in [0, 0.1) is 0 Å². The molecule has 0 radical (unpaired) electrons. The van der Waals surface area contributed by atoms with Crippen LogP contribution in [0.15, 0.2) is 46.5 Å². The Balaban J connectivity index is 2.23. The molecule has 1 heterocycles. The Hall–Kier alpha value is -1.39. The second-order valence-electron chi connectivity index (χ2n) is 4.25. The van der Waals surface area contributed by atoms with Crippen LogP contribution in [0.4, 0.5) is 5.69 Å². The quantitative estimate of drug-likeness (QED) is 0.856. The van der Waals surface area contributed by atoms with Gasteiger partial charge >= 0.3 is 0 Å². The fourth-order valence-electron chi connectivity index (χ4n) is 1.50. The van der Waals surface area contributed by atoms with Gasteiger partial charge in [0.25, 0.3) is 0 Å². The smallest absolute Gasteiger partial charge is 0.143 e. The lowest BCUT2D eigenvalue weighted by atomic mass is 10.3. The van der Waals surface area contributed by atoms with Gasteiger partial charge in [-0.05, 0) is 38.1 Å². The summed E-state index contributed by atoms with van der Waals surface area (Å²) in [6.07, 6.45) is 1.71. The van der Waals surface area contributed by atoms with Crippen molar-refractivity contribution in [3.05, 3.63) is 41.6 Å². The highest BCUT2D eigenvalue weighted by Crippen LogP contribution is 2.36. The van der Waals surface area contributed by atoms with Gasteiger partial charge < -0.3 is 10.5 Å². The molecule has 0 aliphatic heterocycles. The van der Waals surface area contributed by atoms with Crippen LogP contribution in [0.1, 0.15) is 13.8 Å². The van der Waals surface area contributed by atoms with Crippen molar-refractivity contribution in [3.63, 3.8) is 0 Å². The van der Waals surface area contributed by atoms with Gasteiger partial charge in [-0.1, -0.05) is 29.4 Å². The van der Waals surface area contributed by atoms with Crippen molar-refractivity contribution < 1.29 is 4.74 Å². The lowest BCUT2D eigenvalue weighted by Crippen LogP contribution is -2.07. The second-order valence-corrected chi connectivity index (χ2v) is 5.75. The van der Waals surface area contributed by atoms with Gasteiger partial charge in [0.05, 0.1) is 16.8 Å². The molecule has 2 aromatic rings. The van der Waals surface area contributed by atoms with E-state index in [0.29, 0.717) is 16.5 Å². The first-order chi connectivity index (χ1) is 9.06. The van der Waals surface area contributed by atoms with Gasteiger partial charge in [0.1, 0.15) is 10.8 Å². The molecule has 1 aromatic heterocycles. The molecule has 3 nitrogen and oxygen atoms in total. The van der Waals surface area contributed by atoms with Crippen molar-refractivity contribution in [2.24, 2.45) is 0 Å². The Morgan fingerprint density at radius 3 is 2.68 bits per heavy atom. The Bertz CT molecular complexity index is 558. The second kappa shape index (κ2) is 6.17. The van der Waals surface area contributed by atoms with Crippen molar-refractivity contribution in [2.75, 3.05) is 5.73 Å². The number of hydrogen-bond donors (Lipinski definition) is 1. The Morgan fingerprint density at radius 1 is 1.26 bits per heavy atom.